The highest BCUT2D eigenvalue weighted by Crippen LogP contribution is 2.22. The molecule has 0 amide bonds. The third-order valence-corrected chi connectivity index (χ3v) is 4.01. The molecular formula is C12H26N2S. The Kier molecular flexibility index (Phi) is 6.69. The van der Waals surface area contributed by atoms with E-state index < -0.39 is 0 Å². The molecule has 1 aliphatic rings. The molecule has 0 radical (unpaired) electrons. The summed E-state index contributed by atoms with van der Waals surface area (Å²) in [6.45, 7) is 10.2. The molecule has 90 valence electrons. The van der Waals surface area contributed by atoms with Gasteiger partial charge in [0.15, 0.2) is 0 Å². The molecule has 2 atom stereocenters. The van der Waals surface area contributed by atoms with Crippen molar-refractivity contribution < 1.29 is 0 Å². The smallest absolute Gasteiger partial charge is 0.0164 e. The normalized spacial score (nSPS) is 23.6. The predicted octanol–water partition coefficient (Wildman–Crippen LogP) is 1.96. The molecule has 1 fully saturated rings. The Labute approximate surface area is 99.0 Å². The molecule has 3 heteroatoms. The Balaban J connectivity index is 1.95. The van der Waals surface area contributed by atoms with E-state index in [0.717, 1.165) is 24.9 Å². The fraction of sp³-hybridized carbons (Fsp3) is 1.00. The lowest BCUT2D eigenvalue weighted by atomic mass is 10.1. The Morgan fingerprint density at radius 2 is 2.07 bits per heavy atom. The maximum Gasteiger partial charge on any atom is 0.0164 e. The fourth-order valence-electron chi connectivity index (χ4n) is 1.77. The molecule has 2 nitrogen and oxygen atoms in total. The average molecular weight is 230 g/mol. The lowest BCUT2D eigenvalue weighted by Gasteiger charge is -2.18. The van der Waals surface area contributed by atoms with Crippen LogP contribution in [0.15, 0.2) is 0 Å². The van der Waals surface area contributed by atoms with Gasteiger partial charge in [-0.15, -0.1) is 0 Å². The summed E-state index contributed by atoms with van der Waals surface area (Å²) in [6, 6.07) is 0.606. The van der Waals surface area contributed by atoms with E-state index >= 15 is 0 Å². The molecule has 1 heterocycles. The van der Waals surface area contributed by atoms with Crippen LogP contribution >= 0.6 is 11.8 Å². The molecule has 1 rings (SSSR count). The van der Waals surface area contributed by atoms with Gasteiger partial charge in [0.25, 0.3) is 0 Å². The zero-order chi connectivity index (χ0) is 11.1. The van der Waals surface area contributed by atoms with Gasteiger partial charge >= 0.3 is 0 Å². The van der Waals surface area contributed by atoms with Crippen molar-refractivity contribution in [1.82, 2.24) is 10.6 Å². The number of nitrogens with one attached hydrogen (secondary N) is 2. The van der Waals surface area contributed by atoms with Crippen LogP contribution in [0.1, 0.15) is 27.2 Å². The molecular weight excluding hydrogens is 204 g/mol. The Hall–Kier alpha value is 0.270. The number of thioether (sulfide) groups is 1. The van der Waals surface area contributed by atoms with Crippen LogP contribution in [-0.2, 0) is 0 Å². The second-order valence-electron chi connectivity index (χ2n) is 5.09. The zero-order valence-electron chi connectivity index (χ0n) is 10.4. The SMILES string of the molecule is CC(C)CNCC(C)NCC1CCSC1. The van der Waals surface area contributed by atoms with Crippen LogP contribution < -0.4 is 10.6 Å². The van der Waals surface area contributed by atoms with Crippen LogP contribution in [0.25, 0.3) is 0 Å². The highest BCUT2D eigenvalue weighted by atomic mass is 32.2. The zero-order valence-corrected chi connectivity index (χ0v) is 11.2. The second kappa shape index (κ2) is 7.53. The first kappa shape index (κ1) is 13.3. The minimum absolute atomic E-state index is 0.606. The summed E-state index contributed by atoms with van der Waals surface area (Å²) in [5.41, 5.74) is 0. The highest BCUT2D eigenvalue weighted by molar-refractivity contribution is 7.99. The van der Waals surface area contributed by atoms with Crippen LogP contribution in [0.5, 0.6) is 0 Å². The molecule has 2 N–H and O–H groups in total. The van der Waals surface area contributed by atoms with Gasteiger partial charge in [0.1, 0.15) is 0 Å². The van der Waals surface area contributed by atoms with Gasteiger partial charge in [0, 0.05) is 12.6 Å². The molecule has 0 aromatic carbocycles. The topological polar surface area (TPSA) is 24.1 Å². The summed E-state index contributed by atoms with van der Waals surface area (Å²) in [6.07, 6.45) is 1.41. The summed E-state index contributed by atoms with van der Waals surface area (Å²) in [7, 11) is 0. The molecule has 1 saturated heterocycles. The van der Waals surface area contributed by atoms with Gasteiger partial charge in [-0.2, -0.15) is 11.8 Å². The highest BCUT2D eigenvalue weighted by Gasteiger charge is 2.15. The number of hydrogen-bond donors (Lipinski definition) is 2. The van der Waals surface area contributed by atoms with Gasteiger partial charge < -0.3 is 10.6 Å². The lowest BCUT2D eigenvalue weighted by Crippen LogP contribution is -2.39. The molecule has 0 saturated carbocycles. The van der Waals surface area contributed by atoms with Crippen molar-refractivity contribution in [3.05, 3.63) is 0 Å². The first-order valence-electron chi connectivity index (χ1n) is 6.20. The Bertz CT molecular complexity index is 156. The largest absolute Gasteiger partial charge is 0.315 e. The van der Waals surface area contributed by atoms with E-state index in [2.05, 4.69) is 43.2 Å². The van der Waals surface area contributed by atoms with E-state index in [4.69, 9.17) is 0 Å². The van der Waals surface area contributed by atoms with Crippen LogP contribution in [0.3, 0.4) is 0 Å². The summed E-state index contributed by atoms with van der Waals surface area (Å²) >= 11 is 2.10. The van der Waals surface area contributed by atoms with Gasteiger partial charge in [-0.1, -0.05) is 13.8 Å². The Morgan fingerprint density at radius 3 is 2.67 bits per heavy atom. The van der Waals surface area contributed by atoms with Crippen LogP contribution in [0, 0.1) is 11.8 Å². The molecule has 0 aromatic rings. The summed E-state index contributed by atoms with van der Waals surface area (Å²) in [5, 5.41) is 7.11. The molecule has 0 spiro atoms. The summed E-state index contributed by atoms with van der Waals surface area (Å²) in [4.78, 5) is 0. The van der Waals surface area contributed by atoms with E-state index in [0.29, 0.717) is 6.04 Å². The van der Waals surface area contributed by atoms with E-state index in [1.807, 2.05) is 0 Å². The first-order valence-corrected chi connectivity index (χ1v) is 7.35. The van der Waals surface area contributed by atoms with E-state index in [-0.39, 0.29) is 0 Å². The maximum absolute atomic E-state index is 3.62. The van der Waals surface area contributed by atoms with E-state index in [1.165, 1.54) is 24.5 Å². The van der Waals surface area contributed by atoms with E-state index in [1.54, 1.807) is 0 Å². The lowest BCUT2D eigenvalue weighted by molar-refractivity contribution is 0.436. The standard InChI is InChI=1S/C12H26N2S/c1-10(2)6-13-7-11(3)14-8-12-4-5-15-9-12/h10-14H,4-9H2,1-3H3. The molecule has 0 aliphatic carbocycles. The van der Waals surface area contributed by atoms with Crippen molar-refractivity contribution in [1.29, 1.82) is 0 Å². The molecule has 0 bridgehead atoms. The second-order valence-corrected chi connectivity index (χ2v) is 6.24. The number of hydrogen-bond acceptors (Lipinski definition) is 3. The van der Waals surface area contributed by atoms with Gasteiger partial charge in [0.2, 0.25) is 0 Å². The predicted molar refractivity (Wildman–Crippen MR) is 70.6 cm³/mol. The minimum Gasteiger partial charge on any atom is -0.315 e. The fourth-order valence-corrected chi connectivity index (χ4v) is 3.06. The van der Waals surface area contributed by atoms with Crippen LogP contribution in [0.2, 0.25) is 0 Å². The Morgan fingerprint density at radius 1 is 1.27 bits per heavy atom. The number of rotatable bonds is 7. The van der Waals surface area contributed by atoms with Gasteiger partial charge in [-0.25, -0.2) is 0 Å². The molecule has 2 unspecified atom stereocenters. The molecule has 1 aliphatic heterocycles. The third-order valence-electron chi connectivity index (χ3n) is 2.78. The van der Waals surface area contributed by atoms with E-state index in [9.17, 15) is 0 Å². The van der Waals surface area contributed by atoms with Crippen molar-refractivity contribution in [2.24, 2.45) is 11.8 Å². The van der Waals surface area contributed by atoms with Crippen molar-refractivity contribution in [3.8, 4) is 0 Å². The summed E-state index contributed by atoms with van der Waals surface area (Å²) in [5.74, 6) is 4.40. The first-order chi connectivity index (χ1) is 7.18. The van der Waals surface area contributed by atoms with Crippen molar-refractivity contribution in [2.75, 3.05) is 31.1 Å². The minimum atomic E-state index is 0.606. The van der Waals surface area contributed by atoms with Gasteiger partial charge in [-0.05, 0) is 49.8 Å². The van der Waals surface area contributed by atoms with Crippen molar-refractivity contribution >= 4 is 11.8 Å². The third kappa shape index (κ3) is 6.44. The van der Waals surface area contributed by atoms with Crippen molar-refractivity contribution in [3.63, 3.8) is 0 Å². The molecule has 0 aromatic heterocycles. The average Bonchev–Trinajstić information content (AvgIpc) is 2.66. The van der Waals surface area contributed by atoms with Gasteiger partial charge in [-0.3, -0.25) is 0 Å². The quantitative estimate of drug-likeness (QED) is 0.699. The van der Waals surface area contributed by atoms with Gasteiger partial charge in [0.05, 0.1) is 0 Å². The molecule has 15 heavy (non-hydrogen) atoms. The van der Waals surface area contributed by atoms with Crippen LogP contribution in [0.4, 0.5) is 0 Å². The van der Waals surface area contributed by atoms with Crippen molar-refractivity contribution in [2.45, 2.75) is 33.2 Å². The van der Waals surface area contributed by atoms with Crippen LogP contribution in [-0.4, -0.2) is 37.2 Å². The monoisotopic (exact) mass is 230 g/mol. The maximum atomic E-state index is 3.62. The summed E-state index contributed by atoms with van der Waals surface area (Å²) < 4.78 is 0.